The lowest BCUT2D eigenvalue weighted by molar-refractivity contribution is -0.130. The largest absolute Gasteiger partial charge is 0.506 e. The fraction of sp³-hybridized carbons (Fsp3) is 0.680. The van der Waals surface area contributed by atoms with E-state index in [1.54, 1.807) is 32.9 Å². The number of carbonyl (C=O) groups is 2. The molecule has 0 saturated carbocycles. The van der Waals surface area contributed by atoms with Gasteiger partial charge in [-0.25, -0.2) is 0 Å². The summed E-state index contributed by atoms with van der Waals surface area (Å²) in [6.45, 7) is 8.19. The molecule has 0 fully saturated rings. The number of unbranched alkanes of at least 4 members (excludes halogenated alkanes) is 9. The predicted octanol–water partition coefficient (Wildman–Crippen LogP) is 6.64. The highest BCUT2D eigenvalue weighted by Gasteiger charge is 2.24. The van der Waals surface area contributed by atoms with Gasteiger partial charge in [0.05, 0.1) is 18.7 Å². The van der Waals surface area contributed by atoms with Crippen molar-refractivity contribution < 1.29 is 19.4 Å². The molecule has 0 saturated heterocycles. The summed E-state index contributed by atoms with van der Waals surface area (Å²) < 4.78 is 5.76. The summed E-state index contributed by atoms with van der Waals surface area (Å²) in [5.74, 6) is -0.0241. The van der Waals surface area contributed by atoms with Gasteiger partial charge < -0.3 is 15.2 Å². The summed E-state index contributed by atoms with van der Waals surface area (Å²) in [6, 6.07) is 4.78. The Morgan fingerprint density at radius 2 is 1.50 bits per heavy atom. The molecule has 0 heterocycles. The van der Waals surface area contributed by atoms with Crippen molar-refractivity contribution in [3.8, 4) is 11.5 Å². The van der Waals surface area contributed by atoms with Crippen molar-refractivity contribution in [3.63, 3.8) is 0 Å². The molecule has 1 aromatic rings. The first kappa shape index (κ1) is 26.0. The highest BCUT2D eigenvalue weighted by atomic mass is 16.5. The minimum Gasteiger partial charge on any atom is -0.506 e. The van der Waals surface area contributed by atoms with E-state index in [9.17, 15) is 14.7 Å². The number of Topliss-reactive ketones (excluding diaryl/α,β-unsaturated/α-hetero) is 1. The highest BCUT2D eigenvalue weighted by Crippen LogP contribution is 2.28. The van der Waals surface area contributed by atoms with Crippen molar-refractivity contribution in [1.29, 1.82) is 0 Å². The Morgan fingerprint density at radius 1 is 0.933 bits per heavy atom. The van der Waals surface area contributed by atoms with E-state index in [0.717, 1.165) is 12.8 Å². The van der Waals surface area contributed by atoms with Gasteiger partial charge >= 0.3 is 0 Å². The summed E-state index contributed by atoms with van der Waals surface area (Å²) in [5, 5.41) is 12.6. The maximum atomic E-state index is 12.1. The van der Waals surface area contributed by atoms with Gasteiger partial charge in [0.25, 0.3) is 0 Å². The van der Waals surface area contributed by atoms with Crippen LogP contribution in [-0.2, 0) is 9.59 Å². The van der Waals surface area contributed by atoms with Crippen LogP contribution < -0.4 is 10.1 Å². The van der Waals surface area contributed by atoms with E-state index in [-0.39, 0.29) is 23.6 Å². The summed E-state index contributed by atoms with van der Waals surface area (Å²) in [5.41, 5.74) is -0.304. The Balaban J connectivity index is 2.28. The molecule has 30 heavy (non-hydrogen) atoms. The number of carbonyl (C=O) groups excluding carboxylic acids is 2. The molecule has 0 aromatic heterocycles. The molecule has 5 heteroatoms. The van der Waals surface area contributed by atoms with Crippen LogP contribution in [0.15, 0.2) is 18.2 Å². The van der Waals surface area contributed by atoms with E-state index < -0.39 is 11.3 Å². The van der Waals surface area contributed by atoms with Gasteiger partial charge in [0.15, 0.2) is 0 Å². The van der Waals surface area contributed by atoms with Crippen molar-refractivity contribution in [3.05, 3.63) is 18.2 Å². The lowest BCUT2D eigenvalue weighted by Gasteiger charge is -2.16. The number of phenolic OH excluding ortho intramolecular Hbond substituents is 1. The Morgan fingerprint density at radius 3 is 2.07 bits per heavy atom. The molecule has 170 valence electrons. The molecule has 2 N–H and O–H groups in total. The number of rotatable bonds is 15. The van der Waals surface area contributed by atoms with Crippen LogP contribution in [0, 0.1) is 5.41 Å². The summed E-state index contributed by atoms with van der Waals surface area (Å²) in [4.78, 5) is 24.1. The zero-order valence-electron chi connectivity index (χ0n) is 19.4. The van der Waals surface area contributed by atoms with Crippen molar-refractivity contribution in [2.45, 2.75) is 98.3 Å². The molecule has 5 nitrogen and oxygen atoms in total. The van der Waals surface area contributed by atoms with Crippen LogP contribution in [0.1, 0.15) is 98.3 Å². The second-order valence-electron chi connectivity index (χ2n) is 9.11. The lowest BCUT2D eigenvalue weighted by atomic mass is 9.89. The van der Waals surface area contributed by atoms with Gasteiger partial charge in [-0.05, 0) is 18.6 Å². The van der Waals surface area contributed by atoms with Crippen LogP contribution in [0.4, 0.5) is 5.69 Å². The van der Waals surface area contributed by atoms with Gasteiger partial charge in [0, 0.05) is 11.5 Å². The third-order valence-electron chi connectivity index (χ3n) is 5.17. The molecular formula is C25H41NO4. The number of nitrogens with one attached hydrogen (secondary N) is 1. The topological polar surface area (TPSA) is 75.6 Å². The maximum absolute atomic E-state index is 12.1. The van der Waals surface area contributed by atoms with Crippen LogP contribution >= 0.6 is 0 Å². The Kier molecular flexibility index (Phi) is 12.2. The van der Waals surface area contributed by atoms with Crippen molar-refractivity contribution >= 4 is 17.4 Å². The van der Waals surface area contributed by atoms with Gasteiger partial charge in [-0.2, -0.15) is 0 Å². The number of amides is 1. The Bertz CT molecular complexity index is 649. The SMILES string of the molecule is CCCCCCCCCCCCOc1ccc(O)c(NC(=O)CC(=O)C(C)(C)C)c1. The fourth-order valence-corrected chi connectivity index (χ4v) is 3.09. The molecule has 0 atom stereocenters. The number of ketones is 1. The third kappa shape index (κ3) is 11.2. The van der Waals surface area contributed by atoms with E-state index >= 15 is 0 Å². The Labute approximate surface area is 182 Å². The Hall–Kier alpha value is -2.04. The number of ether oxygens (including phenoxy) is 1. The summed E-state index contributed by atoms with van der Waals surface area (Å²) in [6.07, 6.45) is 12.5. The van der Waals surface area contributed by atoms with Crippen molar-refractivity contribution in [1.82, 2.24) is 0 Å². The number of aromatic hydroxyl groups is 1. The molecule has 0 unspecified atom stereocenters. The molecule has 0 aliphatic heterocycles. The monoisotopic (exact) mass is 419 g/mol. The first-order valence-corrected chi connectivity index (χ1v) is 11.5. The van der Waals surface area contributed by atoms with E-state index in [1.807, 2.05) is 0 Å². The number of hydrogen-bond acceptors (Lipinski definition) is 4. The molecule has 1 rings (SSSR count). The van der Waals surface area contributed by atoms with E-state index in [4.69, 9.17) is 4.74 Å². The second-order valence-corrected chi connectivity index (χ2v) is 9.11. The van der Waals surface area contributed by atoms with Crippen molar-refractivity contribution in [2.24, 2.45) is 5.41 Å². The van der Waals surface area contributed by atoms with E-state index in [1.165, 1.54) is 57.4 Å². The van der Waals surface area contributed by atoms with Crippen LogP contribution in [0.3, 0.4) is 0 Å². The molecular weight excluding hydrogens is 378 g/mol. The maximum Gasteiger partial charge on any atom is 0.231 e. The molecule has 0 aliphatic rings. The van der Waals surface area contributed by atoms with Gasteiger partial charge in [-0.15, -0.1) is 0 Å². The second kappa shape index (κ2) is 14.1. The minimum atomic E-state index is -0.570. The fourth-order valence-electron chi connectivity index (χ4n) is 3.09. The average Bonchev–Trinajstić information content (AvgIpc) is 2.67. The lowest BCUT2D eigenvalue weighted by Crippen LogP contribution is -2.26. The van der Waals surface area contributed by atoms with Crippen LogP contribution in [0.2, 0.25) is 0 Å². The zero-order valence-corrected chi connectivity index (χ0v) is 19.4. The van der Waals surface area contributed by atoms with Crippen LogP contribution in [-0.4, -0.2) is 23.4 Å². The summed E-state index contributed by atoms with van der Waals surface area (Å²) >= 11 is 0. The molecule has 0 spiro atoms. The van der Waals surface area contributed by atoms with Crippen molar-refractivity contribution in [2.75, 3.05) is 11.9 Å². The number of anilines is 1. The summed E-state index contributed by atoms with van der Waals surface area (Å²) in [7, 11) is 0. The average molecular weight is 420 g/mol. The molecule has 1 amide bonds. The number of hydrogen-bond donors (Lipinski definition) is 2. The minimum absolute atomic E-state index is 0.0437. The predicted molar refractivity (Wildman–Crippen MR) is 123 cm³/mol. The first-order chi connectivity index (χ1) is 14.2. The zero-order chi connectivity index (χ0) is 22.4. The quantitative estimate of drug-likeness (QED) is 0.190. The standard InChI is InChI=1S/C25H41NO4/c1-5-6-7-8-9-10-11-12-13-14-17-30-20-15-16-22(27)21(18-20)26-24(29)19-23(28)25(2,3)4/h15-16,18,27H,5-14,17,19H2,1-4H3,(H,26,29). The van der Waals surface area contributed by atoms with Gasteiger partial charge in [0.1, 0.15) is 17.3 Å². The molecule has 0 bridgehead atoms. The molecule has 0 radical (unpaired) electrons. The smallest absolute Gasteiger partial charge is 0.231 e. The number of benzene rings is 1. The van der Waals surface area contributed by atoms with Gasteiger partial charge in [-0.3, -0.25) is 9.59 Å². The van der Waals surface area contributed by atoms with Crippen LogP contribution in [0.5, 0.6) is 11.5 Å². The highest BCUT2D eigenvalue weighted by molar-refractivity contribution is 6.06. The molecule has 0 aliphatic carbocycles. The number of phenols is 1. The third-order valence-corrected chi connectivity index (χ3v) is 5.17. The van der Waals surface area contributed by atoms with E-state index in [0.29, 0.717) is 12.4 Å². The first-order valence-electron chi connectivity index (χ1n) is 11.5. The normalized spacial score (nSPS) is 11.3. The van der Waals surface area contributed by atoms with Gasteiger partial charge in [0.2, 0.25) is 5.91 Å². The van der Waals surface area contributed by atoms with E-state index in [2.05, 4.69) is 12.2 Å². The molecule has 1 aromatic carbocycles. The van der Waals surface area contributed by atoms with Gasteiger partial charge in [-0.1, -0.05) is 85.5 Å². The van der Waals surface area contributed by atoms with Crippen LogP contribution in [0.25, 0.3) is 0 Å².